The molecule has 1 saturated heterocycles. The summed E-state index contributed by atoms with van der Waals surface area (Å²) >= 11 is 0. The fourth-order valence-corrected chi connectivity index (χ4v) is 2.57. The number of carbonyl (C=O) groups excluding carboxylic acids is 1. The monoisotopic (exact) mass is 204 g/mol. The van der Waals surface area contributed by atoms with Crippen molar-refractivity contribution < 1.29 is 9.00 Å². The van der Waals surface area contributed by atoms with Gasteiger partial charge in [0, 0.05) is 28.3 Å². The van der Waals surface area contributed by atoms with Crippen LogP contribution in [-0.2, 0) is 15.6 Å². The molecule has 0 unspecified atom stereocenters. The molecular weight excluding hydrogens is 188 g/mol. The second-order valence-electron chi connectivity index (χ2n) is 3.42. The lowest BCUT2D eigenvalue weighted by atomic mass is 10.1. The average Bonchev–Trinajstić information content (AvgIpc) is 2.08. The highest BCUT2D eigenvalue weighted by Gasteiger charge is 2.20. The fraction of sp³-hybridized carbons (Fsp3) is 0.875. The van der Waals surface area contributed by atoms with Crippen LogP contribution in [0.1, 0.15) is 19.8 Å². The second-order valence-corrected chi connectivity index (χ2v) is 5.12. The van der Waals surface area contributed by atoms with Crippen molar-refractivity contribution in [3.8, 4) is 0 Å². The molecule has 0 aromatic rings. The van der Waals surface area contributed by atoms with Crippen LogP contribution < -0.4 is 11.1 Å². The lowest BCUT2D eigenvalue weighted by molar-refractivity contribution is -0.122. The maximum atomic E-state index is 11.2. The number of carbonyl (C=O) groups is 1. The zero-order chi connectivity index (χ0) is 9.84. The Bertz CT molecular complexity index is 208. The van der Waals surface area contributed by atoms with Crippen molar-refractivity contribution in [2.75, 3.05) is 11.5 Å². The van der Waals surface area contributed by atoms with E-state index in [1.54, 1.807) is 6.92 Å². The normalized spacial score (nSPS) is 30.9. The number of hydrogen-bond donors (Lipinski definition) is 2. The fourth-order valence-electron chi connectivity index (χ4n) is 1.27. The molecule has 5 heteroatoms. The highest BCUT2D eigenvalue weighted by molar-refractivity contribution is 7.85. The maximum Gasteiger partial charge on any atom is 0.236 e. The van der Waals surface area contributed by atoms with Gasteiger partial charge >= 0.3 is 0 Å². The highest BCUT2D eigenvalue weighted by Crippen LogP contribution is 2.08. The summed E-state index contributed by atoms with van der Waals surface area (Å²) in [6.45, 7) is 1.66. The van der Waals surface area contributed by atoms with Crippen molar-refractivity contribution in [3.63, 3.8) is 0 Å². The quantitative estimate of drug-likeness (QED) is 0.628. The summed E-state index contributed by atoms with van der Waals surface area (Å²) in [7, 11) is -0.669. The van der Waals surface area contributed by atoms with E-state index in [2.05, 4.69) is 5.32 Å². The molecule has 1 rings (SSSR count). The Hall–Kier alpha value is -0.420. The number of amides is 1. The van der Waals surface area contributed by atoms with Crippen LogP contribution in [0, 0.1) is 0 Å². The van der Waals surface area contributed by atoms with Crippen LogP contribution in [0.2, 0.25) is 0 Å². The van der Waals surface area contributed by atoms with Gasteiger partial charge in [-0.3, -0.25) is 9.00 Å². The van der Waals surface area contributed by atoms with Gasteiger partial charge in [0.25, 0.3) is 0 Å². The average molecular weight is 204 g/mol. The molecular formula is C8H16N2O2S. The van der Waals surface area contributed by atoms with Gasteiger partial charge in [-0.2, -0.15) is 0 Å². The maximum absolute atomic E-state index is 11.2. The Morgan fingerprint density at radius 1 is 1.54 bits per heavy atom. The van der Waals surface area contributed by atoms with Crippen LogP contribution in [-0.4, -0.2) is 33.7 Å². The molecule has 76 valence electrons. The van der Waals surface area contributed by atoms with Crippen molar-refractivity contribution in [2.24, 2.45) is 5.73 Å². The molecule has 0 aromatic heterocycles. The minimum atomic E-state index is -0.669. The van der Waals surface area contributed by atoms with Crippen molar-refractivity contribution in [3.05, 3.63) is 0 Å². The molecule has 1 aliphatic heterocycles. The first-order valence-electron chi connectivity index (χ1n) is 4.50. The van der Waals surface area contributed by atoms with E-state index in [9.17, 15) is 9.00 Å². The summed E-state index contributed by atoms with van der Waals surface area (Å²) in [4.78, 5) is 11.2. The Morgan fingerprint density at radius 3 is 2.54 bits per heavy atom. The number of nitrogens with one attached hydrogen (secondary N) is 1. The predicted molar refractivity (Wildman–Crippen MR) is 52.7 cm³/mol. The van der Waals surface area contributed by atoms with Gasteiger partial charge in [-0.15, -0.1) is 0 Å². The van der Waals surface area contributed by atoms with Crippen molar-refractivity contribution in [1.82, 2.24) is 5.32 Å². The molecule has 3 N–H and O–H groups in total. The first-order chi connectivity index (χ1) is 6.09. The van der Waals surface area contributed by atoms with Crippen molar-refractivity contribution in [2.45, 2.75) is 31.8 Å². The lowest BCUT2D eigenvalue weighted by Crippen LogP contribution is -2.46. The van der Waals surface area contributed by atoms with Gasteiger partial charge in [-0.05, 0) is 19.8 Å². The van der Waals surface area contributed by atoms with Crippen LogP contribution in [0.3, 0.4) is 0 Å². The first-order valence-corrected chi connectivity index (χ1v) is 5.99. The highest BCUT2D eigenvalue weighted by atomic mass is 32.2. The van der Waals surface area contributed by atoms with Crippen LogP contribution >= 0.6 is 0 Å². The molecule has 0 aliphatic carbocycles. The molecule has 1 aliphatic rings. The van der Waals surface area contributed by atoms with E-state index in [0.717, 1.165) is 12.8 Å². The third-order valence-corrected chi connectivity index (χ3v) is 3.53. The van der Waals surface area contributed by atoms with E-state index < -0.39 is 16.8 Å². The van der Waals surface area contributed by atoms with Crippen LogP contribution in [0.4, 0.5) is 0 Å². The number of hydrogen-bond acceptors (Lipinski definition) is 3. The topological polar surface area (TPSA) is 72.2 Å². The zero-order valence-corrected chi connectivity index (χ0v) is 8.60. The van der Waals surface area contributed by atoms with Crippen LogP contribution in [0.25, 0.3) is 0 Å². The molecule has 0 saturated carbocycles. The third kappa shape index (κ3) is 3.44. The number of rotatable bonds is 2. The minimum Gasteiger partial charge on any atom is -0.352 e. The molecule has 0 radical (unpaired) electrons. The Kier molecular flexibility index (Phi) is 3.87. The van der Waals surface area contributed by atoms with E-state index in [0.29, 0.717) is 11.5 Å². The molecule has 4 nitrogen and oxygen atoms in total. The van der Waals surface area contributed by atoms with E-state index in [-0.39, 0.29) is 11.9 Å². The third-order valence-electron chi connectivity index (χ3n) is 2.15. The Morgan fingerprint density at radius 2 is 2.08 bits per heavy atom. The summed E-state index contributed by atoms with van der Waals surface area (Å²) in [5, 5.41) is 2.84. The SMILES string of the molecule is C[C@@H](N)C(=O)NC1CCS(=O)CC1. The molecule has 1 fully saturated rings. The Labute approximate surface area is 80.7 Å². The van der Waals surface area contributed by atoms with Crippen molar-refractivity contribution in [1.29, 1.82) is 0 Å². The first kappa shape index (κ1) is 10.7. The van der Waals surface area contributed by atoms with E-state index >= 15 is 0 Å². The Balaban J connectivity index is 2.30. The van der Waals surface area contributed by atoms with Gasteiger partial charge in [-0.1, -0.05) is 0 Å². The van der Waals surface area contributed by atoms with Crippen molar-refractivity contribution >= 4 is 16.7 Å². The summed E-state index contributed by atoms with van der Waals surface area (Å²) in [6.07, 6.45) is 1.62. The zero-order valence-electron chi connectivity index (χ0n) is 7.79. The molecule has 1 amide bonds. The molecule has 13 heavy (non-hydrogen) atoms. The van der Waals surface area contributed by atoms with E-state index in [1.807, 2.05) is 0 Å². The van der Waals surface area contributed by atoms with Gasteiger partial charge in [0.2, 0.25) is 5.91 Å². The molecule has 1 heterocycles. The summed E-state index contributed by atoms with van der Waals surface area (Å²) < 4.78 is 11.0. The van der Waals surface area contributed by atoms with E-state index in [1.165, 1.54) is 0 Å². The smallest absolute Gasteiger partial charge is 0.236 e. The lowest BCUT2D eigenvalue weighted by Gasteiger charge is -2.23. The molecule has 0 spiro atoms. The van der Waals surface area contributed by atoms with Gasteiger partial charge in [0.05, 0.1) is 6.04 Å². The van der Waals surface area contributed by atoms with Gasteiger partial charge < -0.3 is 11.1 Å². The van der Waals surface area contributed by atoms with Gasteiger partial charge in [0.1, 0.15) is 0 Å². The van der Waals surface area contributed by atoms with E-state index in [4.69, 9.17) is 5.73 Å². The van der Waals surface area contributed by atoms with Gasteiger partial charge in [0.15, 0.2) is 0 Å². The number of nitrogens with two attached hydrogens (primary N) is 1. The molecule has 0 bridgehead atoms. The second kappa shape index (κ2) is 4.72. The molecule has 0 aromatic carbocycles. The minimum absolute atomic E-state index is 0.113. The summed E-state index contributed by atoms with van der Waals surface area (Å²) in [5.74, 6) is 1.28. The summed E-state index contributed by atoms with van der Waals surface area (Å²) in [6, 6.07) is -0.274. The van der Waals surface area contributed by atoms with Crippen LogP contribution in [0.5, 0.6) is 0 Å². The standard InChI is InChI=1S/C8H16N2O2S/c1-6(9)8(11)10-7-2-4-13(12)5-3-7/h6-7H,2-5,9H2,1H3,(H,10,11)/t6-,7?,13?/m1/s1. The van der Waals surface area contributed by atoms with Gasteiger partial charge in [-0.25, -0.2) is 0 Å². The van der Waals surface area contributed by atoms with Crippen LogP contribution in [0.15, 0.2) is 0 Å². The largest absolute Gasteiger partial charge is 0.352 e. The molecule has 1 atom stereocenters. The summed E-state index contributed by atoms with van der Waals surface area (Å²) in [5.41, 5.74) is 5.41. The predicted octanol–water partition coefficient (Wildman–Crippen LogP) is -0.639.